The largest absolute Gasteiger partial charge is 0.382 e. The summed E-state index contributed by atoms with van der Waals surface area (Å²) in [6, 6.07) is 0.117. The molecule has 3 amide bonds. The van der Waals surface area contributed by atoms with Gasteiger partial charge in [0.25, 0.3) is 5.91 Å². The second-order valence-corrected chi connectivity index (χ2v) is 5.63. The van der Waals surface area contributed by atoms with Crippen LogP contribution in [0.5, 0.6) is 0 Å². The van der Waals surface area contributed by atoms with Gasteiger partial charge in [-0.2, -0.15) is 0 Å². The molecular weight excluding hydrogens is 296 g/mol. The van der Waals surface area contributed by atoms with Gasteiger partial charge >= 0.3 is 0 Å². The molecule has 1 rings (SSSR count). The van der Waals surface area contributed by atoms with E-state index in [-0.39, 0.29) is 16.7 Å². The van der Waals surface area contributed by atoms with Crippen molar-refractivity contribution < 1.29 is 14.4 Å². The lowest BCUT2D eigenvalue weighted by Gasteiger charge is -2.18. The average Bonchev–Trinajstić information content (AvgIpc) is 2.66. The highest BCUT2D eigenvalue weighted by Gasteiger charge is 2.24. The Morgan fingerprint density at radius 2 is 1.76 bits per heavy atom. The number of nitrogens with two attached hydrogens (primary N) is 3. The Bertz CT molecular complexity index is 540. The van der Waals surface area contributed by atoms with Crippen LogP contribution < -0.4 is 22.5 Å². The van der Waals surface area contributed by atoms with Crippen molar-refractivity contribution in [2.75, 3.05) is 24.1 Å². The third kappa shape index (κ3) is 4.91. The van der Waals surface area contributed by atoms with Gasteiger partial charge in [-0.3, -0.25) is 14.4 Å². The van der Waals surface area contributed by atoms with Crippen molar-refractivity contribution in [1.82, 2.24) is 9.88 Å². The van der Waals surface area contributed by atoms with Gasteiger partial charge in [0.2, 0.25) is 11.8 Å². The van der Waals surface area contributed by atoms with E-state index in [1.54, 1.807) is 0 Å². The van der Waals surface area contributed by atoms with Gasteiger partial charge in [0, 0.05) is 6.04 Å². The number of aromatic nitrogens is 1. The number of nitrogens with one attached hydrogen (secondary N) is 1. The Hall–Kier alpha value is -2.36. The van der Waals surface area contributed by atoms with Crippen molar-refractivity contribution in [2.45, 2.75) is 19.9 Å². The number of carbonyl (C=O) groups is 3. The van der Waals surface area contributed by atoms with Gasteiger partial charge in [-0.1, -0.05) is 11.3 Å². The van der Waals surface area contributed by atoms with E-state index in [2.05, 4.69) is 10.3 Å². The number of rotatable bonds is 7. The summed E-state index contributed by atoms with van der Waals surface area (Å²) in [5, 5.41) is 3.49. The van der Waals surface area contributed by atoms with Crippen LogP contribution in [0.15, 0.2) is 0 Å². The highest BCUT2D eigenvalue weighted by atomic mass is 32.1. The summed E-state index contributed by atoms with van der Waals surface area (Å²) in [6.07, 6.45) is 0. The van der Waals surface area contributed by atoms with Crippen LogP contribution in [0.4, 0.5) is 10.9 Å². The molecule has 9 nitrogen and oxygen atoms in total. The molecule has 116 valence electrons. The zero-order chi connectivity index (χ0) is 16.2. The summed E-state index contributed by atoms with van der Waals surface area (Å²) in [4.78, 5) is 39.4. The van der Waals surface area contributed by atoms with E-state index in [4.69, 9.17) is 17.2 Å². The van der Waals surface area contributed by atoms with Crippen molar-refractivity contribution in [1.29, 1.82) is 0 Å². The van der Waals surface area contributed by atoms with E-state index in [9.17, 15) is 14.4 Å². The van der Waals surface area contributed by atoms with E-state index in [0.717, 1.165) is 16.2 Å². The molecule has 1 heterocycles. The molecule has 21 heavy (non-hydrogen) atoms. The second-order valence-electron chi connectivity index (χ2n) is 4.63. The first-order chi connectivity index (χ1) is 9.70. The molecule has 0 aliphatic heterocycles. The van der Waals surface area contributed by atoms with Crippen LogP contribution in [0.1, 0.15) is 23.5 Å². The molecule has 0 aromatic carbocycles. The molecule has 0 atom stereocenters. The van der Waals surface area contributed by atoms with Crippen LogP contribution >= 0.6 is 11.3 Å². The minimum Gasteiger partial charge on any atom is -0.382 e. The predicted molar refractivity (Wildman–Crippen MR) is 79.6 cm³/mol. The third-order valence-electron chi connectivity index (χ3n) is 2.24. The standard InChI is InChI=1S/C11H18N6O3S/c1-5(2)15-11-16-9(14)8(21-11)10(20)17(3-6(12)18)4-7(13)19/h5H,3-4,14H2,1-2H3,(H2,12,18)(H2,13,19)(H,15,16). The Balaban J connectivity index is 2.99. The molecule has 0 fully saturated rings. The van der Waals surface area contributed by atoms with Crippen LogP contribution in [0.25, 0.3) is 0 Å². The summed E-state index contributed by atoms with van der Waals surface area (Å²) in [7, 11) is 0. The fraction of sp³-hybridized carbons (Fsp3) is 0.455. The molecule has 1 aromatic rings. The van der Waals surface area contributed by atoms with Crippen LogP contribution in [-0.4, -0.2) is 46.7 Å². The quantitative estimate of drug-likeness (QED) is 0.503. The number of nitrogens with zero attached hydrogens (tertiary/aromatic N) is 2. The van der Waals surface area contributed by atoms with E-state index in [1.807, 2.05) is 13.8 Å². The summed E-state index contributed by atoms with van der Waals surface area (Å²) < 4.78 is 0. The second kappa shape index (κ2) is 6.88. The lowest BCUT2D eigenvalue weighted by atomic mass is 10.3. The predicted octanol–water partition coefficient (Wildman–Crippen LogP) is -1.04. The molecule has 0 radical (unpaired) electrons. The van der Waals surface area contributed by atoms with Gasteiger partial charge in [-0.05, 0) is 13.8 Å². The molecule has 10 heteroatoms. The van der Waals surface area contributed by atoms with E-state index in [0.29, 0.717) is 5.13 Å². The number of primary amides is 2. The maximum Gasteiger partial charge on any atom is 0.268 e. The Labute approximate surface area is 125 Å². The molecule has 1 aromatic heterocycles. The summed E-state index contributed by atoms with van der Waals surface area (Å²) >= 11 is 1.04. The highest BCUT2D eigenvalue weighted by Crippen LogP contribution is 2.26. The number of nitrogen functional groups attached to an aromatic ring is 1. The zero-order valence-corrected chi connectivity index (χ0v) is 12.6. The van der Waals surface area contributed by atoms with Crippen molar-refractivity contribution in [2.24, 2.45) is 11.5 Å². The van der Waals surface area contributed by atoms with Gasteiger partial charge in [-0.25, -0.2) is 4.98 Å². The highest BCUT2D eigenvalue weighted by molar-refractivity contribution is 7.18. The molecule has 0 aliphatic carbocycles. The Morgan fingerprint density at radius 1 is 1.24 bits per heavy atom. The topological polar surface area (TPSA) is 157 Å². The van der Waals surface area contributed by atoms with E-state index >= 15 is 0 Å². The first-order valence-corrected chi connectivity index (χ1v) is 6.91. The SMILES string of the molecule is CC(C)Nc1nc(N)c(C(=O)N(CC(N)=O)CC(N)=O)s1. The van der Waals surface area contributed by atoms with Gasteiger partial charge in [0.15, 0.2) is 5.13 Å². The lowest BCUT2D eigenvalue weighted by Crippen LogP contribution is -2.43. The molecule has 0 saturated carbocycles. The minimum absolute atomic E-state index is 0.0205. The number of carbonyl (C=O) groups excluding carboxylic acids is 3. The van der Waals surface area contributed by atoms with Gasteiger partial charge < -0.3 is 27.4 Å². The average molecular weight is 314 g/mol. The zero-order valence-electron chi connectivity index (χ0n) is 11.8. The van der Waals surface area contributed by atoms with Gasteiger partial charge in [0.05, 0.1) is 0 Å². The monoisotopic (exact) mass is 314 g/mol. The summed E-state index contributed by atoms with van der Waals surface area (Å²) in [6.45, 7) is 2.97. The maximum absolute atomic E-state index is 12.3. The Kier molecular flexibility index (Phi) is 5.47. The van der Waals surface area contributed by atoms with Crippen LogP contribution in [0.3, 0.4) is 0 Å². The molecule has 0 aliphatic rings. The van der Waals surface area contributed by atoms with Crippen molar-refractivity contribution in [3.63, 3.8) is 0 Å². The number of anilines is 2. The van der Waals surface area contributed by atoms with Gasteiger partial charge in [-0.15, -0.1) is 0 Å². The first kappa shape index (κ1) is 16.7. The summed E-state index contributed by atoms with van der Waals surface area (Å²) in [5.74, 6) is -2.10. The molecule has 0 saturated heterocycles. The molecular formula is C11H18N6O3S. The number of amides is 3. The van der Waals surface area contributed by atoms with Crippen LogP contribution in [0.2, 0.25) is 0 Å². The number of hydrogen-bond donors (Lipinski definition) is 4. The number of hydrogen-bond acceptors (Lipinski definition) is 7. The first-order valence-electron chi connectivity index (χ1n) is 6.09. The molecule has 0 unspecified atom stereocenters. The minimum atomic E-state index is -0.756. The molecule has 0 spiro atoms. The lowest BCUT2D eigenvalue weighted by molar-refractivity contribution is -0.121. The normalized spacial score (nSPS) is 10.4. The van der Waals surface area contributed by atoms with Crippen molar-refractivity contribution >= 4 is 40.0 Å². The summed E-state index contributed by atoms with van der Waals surface area (Å²) in [5.41, 5.74) is 15.8. The van der Waals surface area contributed by atoms with E-state index in [1.165, 1.54) is 0 Å². The smallest absolute Gasteiger partial charge is 0.268 e. The third-order valence-corrected chi connectivity index (χ3v) is 3.23. The van der Waals surface area contributed by atoms with Crippen LogP contribution in [-0.2, 0) is 9.59 Å². The fourth-order valence-corrected chi connectivity index (χ4v) is 2.51. The molecule has 7 N–H and O–H groups in total. The maximum atomic E-state index is 12.3. The van der Waals surface area contributed by atoms with Crippen molar-refractivity contribution in [3.8, 4) is 0 Å². The van der Waals surface area contributed by atoms with Crippen LogP contribution in [0, 0.1) is 0 Å². The van der Waals surface area contributed by atoms with E-state index < -0.39 is 30.8 Å². The van der Waals surface area contributed by atoms with Crippen molar-refractivity contribution in [3.05, 3.63) is 4.88 Å². The van der Waals surface area contributed by atoms with Gasteiger partial charge in [0.1, 0.15) is 23.8 Å². The molecule has 0 bridgehead atoms. The fourth-order valence-electron chi connectivity index (χ4n) is 1.51. The number of thiazole rings is 1. The Morgan fingerprint density at radius 3 is 2.19 bits per heavy atom.